The van der Waals surface area contributed by atoms with Crippen LogP contribution in [0, 0.1) is 17.2 Å². The molecule has 0 aromatic carbocycles. The van der Waals surface area contributed by atoms with E-state index in [4.69, 9.17) is 16.1 Å². The molecule has 0 heterocycles. The van der Waals surface area contributed by atoms with Gasteiger partial charge in [0.25, 0.3) is 0 Å². The molecule has 0 amide bonds. The Morgan fingerprint density at radius 3 is 2.73 bits per heavy atom. The van der Waals surface area contributed by atoms with Crippen LogP contribution in [0.1, 0.15) is 33.1 Å². The molecule has 0 aromatic heterocycles. The largest absolute Gasteiger partial charge is 0.396 e. The van der Waals surface area contributed by atoms with Gasteiger partial charge in [0, 0.05) is 6.61 Å². The van der Waals surface area contributed by atoms with Crippen molar-refractivity contribution in [3.05, 3.63) is 0 Å². The van der Waals surface area contributed by atoms with Crippen molar-refractivity contribution in [1.29, 1.82) is 5.26 Å². The summed E-state index contributed by atoms with van der Waals surface area (Å²) in [5, 5.41) is 17.7. The molecule has 0 spiro atoms. The molecule has 0 aliphatic carbocycles. The molecule has 2 atom stereocenters. The lowest BCUT2D eigenvalue weighted by atomic mass is 9.94. The second-order valence-corrected chi connectivity index (χ2v) is 5.24. The molecule has 15 heavy (non-hydrogen) atoms. The lowest BCUT2D eigenvalue weighted by Gasteiger charge is -2.18. The topological polar surface area (TPSA) is 70.0 Å². The Morgan fingerprint density at radius 1 is 1.60 bits per heavy atom. The summed E-state index contributed by atoms with van der Waals surface area (Å²) in [5.74, 6) is 2.36. The minimum Gasteiger partial charge on any atom is -0.396 e. The van der Waals surface area contributed by atoms with Crippen LogP contribution >= 0.6 is 11.8 Å². The highest BCUT2D eigenvalue weighted by Crippen LogP contribution is 2.16. The Bertz CT molecular complexity index is 205. The Kier molecular flexibility index (Phi) is 7.85. The van der Waals surface area contributed by atoms with Crippen molar-refractivity contribution in [2.45, 2.75) is 38.6 Å². The van der Waals surface area contributed by atoms with Gasteiger partial charge in [-0.3, -0.25) is 0 Å². The van der Waals surface area contributed by atoms with Gasteiger partial charge < -0.3 is 10.8 Å². The lowest BCUT2D eigenvalue weighted by molar-refractivity contribution is 0.250. The van der Waals surface area contributed by atoms with E-state index in [0.29, 0.717) is 12.3 Å². The molecule has 3 nitrogen and oxygen atoms in total. The average molecular weight is 230 g/mol. The van der Waals surface area contributed by atoms with E-state index in [2.05, 4.69) is 6.07 Å². The van der Waals surface area contributed by atoms with Crippen molar-refractivity contribution in [3.63, 3.8) is 0 Å². The van der Waals surface area contributed by atoms with Crippen LogP contribution in [0.5, 0.6) is 0 Å². The highest BCUT2D eigenvalue weighted by molar-refractivity contribution is 7.99. The number of nitrogens with zero attached hydrogens (tertiary/aromatic N) is 1. The Balaban J connectivity index is 3.51. The van der Waals surface area contributed by atoms with E-state index >= 15 is 0 Å². The first-order valence-electron chi connectivity index (χ1n) is 5.46. The van der Waals surface area contributed by atoms with E-state index in [-0.39, 0.29) is 6.61 Å². The summed E-state index contributed by atoms with van der Waals surface area (Å²) >= 11 is 1.82. The van der Waals surface area contributed by atoms with Crippen LogP contribution in [0.4, 0.5) is 0 Å². The van der Waals surface area contributed by atoms with Crippen molar-refractivity contribution < 1.29 is 5.11 Å². The van der Waals surface area contributed by atoms with Gasteiger partial charge in [0.05, 0.1) is 6.07 Å². The van der Waals surface area contributed by atoms with Crippen LogP contribution in [0.25, 0.3) is 0 Å². The van der Waals surface area contributed by atoms with Gasteiger partial charge in [0.2, 0.25) is 0 Å². The first-order valence-corrected chi connectivity index (χ1v) is 6.62. The minimum absolute atomic E-state index is 0.251. The van der Waals surface area contributed by atoms with E-state index < -0.39 is 5.54 Å². The normalized spacial score (nSPS) is 16.7. The number of rotatable bonds is 8. The summed E-state index contributed by atoms with van der Waals surface area (Å²) < 4.78 is 0. The Hall–Kier alpha value is -0.240. The summed E-state index contributed by atoms with van der Waals surface area (Å²) in [6, 6.07) is 2.17. The lowest BCUT2D eigenvalue weighted by Crippen LogP contribution is -2.37. The molecule has 88 valence electrons. The first kappa shape index (κ1) is 14.8. The second-order valence-electron chi connectivity index (χ2n) is 4.09. The molecular formula is C11H22N2OS. The van der Waals surface area contributed by atoms with E-state index in [9.17, 15) is 0 Å². The summed E-state index contributed by atoms with van der Waals surface area (Å²) in [6.45, 7) is 4.23. The monoisotopic (exact) mass is 230 g/mol. The number of aliphatic hydroxyl groups excluding tert-OH is 1. The number of thioether (sulfide) groups is 1. The molecule has 0 saturated carbocycles. The zero-order chi connectivity index (χ0) is 11.7. The van der Waals surface area contributed by atoms with E-state index in [1.807, 2.05) is 25.6 Å². The minimum atomic E-state index is -0.636. The van der Waals surface area contributed by atoms with Crippen LogP contribution in [0.15, 0.2) is 0 Å². The summed E-state index contributed by atoms with van der Waals surface area (Å²) in [4.78, 5) is 0. The average Bonchev–Trinajstić information content (AvgIpc) is 2.27. The second kappa shape index (κ2) is 7.98. The molecule has 0 aliphatic rings. The van der Waals surface area contributed by atoms with Gasteiger partial charge in [0.15, 0.2) is 0 Å². The summed E-state index contributed by atoms with van der Waals surface area (Å²) in [5.41, 5.74) is 5.22. The molecule has 0 aromatic rings. The number of nitriles is 1. The van der Waals surface area contributed by atoms with E-state index in [0.717, 1.165) is 24.3 Å². The van der Waals surface area contributed by atoms with Gasteiger partial charge in [-0.15, -0.1) is 0 Å². The standard InChI is InChI=1S/C11H22N2OS/c1-3-11(13,9-12)5-4-6-15-8-10(2)7-14/h10,14H,3-8,13H2,1-2H3. The fraction of sp³-hybridized carbons (Fsp3) is 0.909. The third-order valence-corrected chi connectivity index (χ3v) is 3.86. The van der Waals surface area contributed by atoms with Crippen LogP contribution in [0.3, 0.4) is 0 Å². The third-order valence-electron chi connectivity index (χ3n) is 2.48. The number of hydrogen-bond donors (Lipinski definition) is 2. The van der Waals surface area contributed by atoms with Gasteiger partial charge in [-0.1, -0.05) is 13.8 Å². The van der Waals surface area contributed by atoms with Crippen LogP contribution < -0.4 is 5.73 Å². The first-order chi connectivity index (χ1) is 7.08. The zero-order valence-electron chi connectivity index (χ0n) is 9.70. The number of aliphatic hydroxyl groups is 1. The molecule has 3 N–H and O–H groups in total. The van der Waals surface area contributed by atoms with Crippen LogP contribution in [0.2, 0.25) is 0 Å². The number of hydrogen-bond acceptors (Lipinski definition) is 4. The van der Waals surface area contributed by atoms with Gasteiger partial charge >= 0.3 is 0 Å². The van der Waals surface area contributed by atoms with Gasteiger partial charge in [0.1, 0.15) is 5.54 Å². The predicted molar refractivity (Wildman–Crippen MR) is 65.6 cm³/mol. The predicted octanol–water partition coefficient (Wildman–Crippen LogP) is 1.76. The van der Waals surface area contributed by atoms with Gasteiger partial charge in [-0.25, -0.2) is 0 Å². The fourth-order valence-electron chi connectivity index (χ4n) is 1.14. The van der Waals surface area contributed by atoms with Crippen molar-refractivity contribution in [2.24, 2.45) is 11.7 Å². The quantitative estimate of drug-likeness (QED) is 0.623. The highest BCUT2D eigenvalue weighted by atomic mass is 32.2. The van der Waals surface area contributed by atoms with Crippen molar-refractivity contribution in [1.82, 2.24) is 0 Å². The van der Waals surface area contributed by atoms with Crippen molar-refractivity contribution in [2.75, 3.05) is 18.1 Å². The van der Waals surface area contributed by atoms with Gasteiger partial charge in [-0.05, 0) is 36.7 Å². The summed E-state index contributed by atoms with van der Waals surface area (Å²) in [7, 11) is 0. The molecule has 0 saturated heterocycles. The zero-order valence-corrected chi connectivity index (χ0v) is 10.5. The maximum absolute atomic E-state index is 8.85. The maximum Gasteiger partial charge on any atom is 0.104 e. The molecule has 0 radical (unpaired) electrons. The molecule has 2 unspecified atom stereocenters. The molecule has 4 heteroatoms. The third kappa shape index (κ3) is 6.77. The van der Waals surface area contributed by atoms with E-state index in [1.54, 1.807) is 0 Å². The summed E-state index contributed by atoms with van der Waals surface area (Å²) in [6.07, 6.45) is 2.45. The maximum atomic E-state index is 8.85. The van der Waals surface area contributed by atoms with Crippen LogP contribution in [-0.4, -0.2) is 28.8 Å². The molecular weight excluding hydrogens is 208 g/mol. The van der Waals surface area contributed by atoms with Gasteiger partial charge in [-0.2, -0.15) is 17.0 Å². The molecule has 0 fully saturated rings. The Labute approximate surface area is 97.0 Å². The van der Waals surface area contributed by atoms with Crippen molar-refractivity contribution >= 4 is 11.8 Å². The smallest absolute Gasteiger partial charge is 0.104 e. The molecule has 0 rings (SSSR count). The van der Waals surface area contributed by atoms with E-state index in [1.165, 1.54) is 0 Å². The SMILES string of the molecule is CCC(N)(C#N)CCCSCC(C)CO. The Morgan fingerprint density at radius 2 is 2.27 bits per heavy atom. The number of nitrogens with two attached hydrogens (primary N) is 1. The highest BCUT2D eigenvalue weighted by Gasteiger charge is 2.20. The molecule has 0 bridgehead atoms. The fourth-order valence-corrected chi connectivity index (χ4v) is 2.16. The molecule has 0 aliphatic heterocycles. The van der Waals surface area contributed by atoms with Crippen molar-refractivity contribution in [3.8, 4) is 6.07 Å². The van der Waals surface area contributed by atoms with Crippen LogP contribution in [-0.2, 0) is 0 Å².